The van der Waals surface area contributed by atoms with Gasteiger partial charge in [0.1, 0.15) is 0 Å². The van der Waals surface area contributed by atoms with Crippen LogP contribution in [0.15, 0.2) is 24.3 Å². The van der Waals surface area contributed by atoms with E-state index >= 15 is 0 Å². The Hall–Kier alpha value is -2.57. The lowest BCUT2D eigenvalue weighted by Crippen LogP contribution is -2.21. The largest absolute Gasteiger partial charge is 0.491 e. The van der Waals surface area contributed by atoms with E-state index in [1.165, 1.54) is 18.2 Å². The van der Waals surface area contributed by atoms with Gasteiger partial charge in [0.15, 0.2) is 23.2 Å². The number of halogens is 4. The fourth-order valence-electron chi connectivity index (χ4n) is 3.75. The topological polar surface area (TPSA) is 46.5 Å². The zero-order valence-electron chi connectivity index (χ0n) is 15.3. The number of carbonyl (C=O) groups is 1. The van der Waals surface area contributed by atoms with Crippen molar-refractivity contribution in [3.63, 3.8) is 0 Å². The molecule has 0 bridgehead atoms. The molecule has 150 valence electrons. The molecule has 1 N–H and O–H groups in total. The zero-order chi connectivity index (χ0) is 20.4. The van der Waals surface area contributed by atoms with Gasteiger partial charge in [-0.25, -0.2) is 13.2 Å². The number of ether oxygens (including phenoxy) is 1. The first-order valence-electron chi connectivity index (χ1n) is 9.17. The van der Waals surface area contributed by atoms with Crippen LogP contribution in [-0.4, -0.2) is 17.7 Å². The summed E-state index contributed by atoms with van der Waals surface area (Å²) in [5, 5.41) is 9.05. The first-order valence-corrected chi connectivity index (χ1v) is 9.17. The van der Waals surface area contributed by atoms with Crippen molar-refractivity contribution in [3.8, 4) is 16.9 Å². The van der Waals surface area contributed by atoms with Crippen molar-refractivity contribution < 1.29 is 32.2 Å². The molecule has 0 aromatic heterocycles. The van der Waals surface area contributed by atoms with Crippen LogP contribution in [0.25, 0.3) is 11.1 Å². The molecule has 2 aromatic rings. The summed E-state index contributed by atoms with van der Waals surface area (Å²) in [5.41, 5.74) is -0.629. The Labute approximate surface area is 159 Å². The fourth-order valence-corrected chi connectivity index (χ4v) is 3.75. The lowest BCUT2D eigenvalue weighted by Gasteiger charge is -2.27. The third kappa shape index (κ3) is 3.70. The number of hydrogen-bond acceptors (Lipinski definition) is 2. The smallest absolute Gasteiger partial charge is 0.306 e. The molecule has 28 heavy (non-hydrogen) atoms. The number of carboxylic acid groups (broad SMARTS) is 1. The predicted octanol–water partition coefficient (Wildman–Crippen LogP) is 5.67. The molecule has 0 radical (unpaired) electrons. The highest BCUT2D eigenvalue weighted by atomic mass is 19.2. The fraction of sp³-hybridized carbons (Fsp3) is 0.381. The van der Waals surface area contributed by atoms with Gasteiger partial charge in [-0.1, -0.05) is 12.1 Å². The second-order valence-electron chi connectivity index (χ2n) is 6.89. The van der Waals surface area contributed by atoms with E-state index in [2.05, 4.69) is 0 Å². The van der Waals surface area contributed by atoms with Crippen molar-refractivity contribution in [3.05, 3.63) is 53.1 Å². The average Bonchev–Trinajstić information content (AvgIpc) is 2.68. The number of aliphatic carboxylic acids is 1. The van der Waals surface area contributed by atoms with E-state index in [0.717, 1.165) is 6.07 Å². The van der Waals surface area contributed by atoms with Crippen LogP contribution in [0.1, 0.15) is 44.1 Å². The molecule has 0 atom stereocenters. The van der Waals surface area contributed by atoms with Gasteiger partial charge in [-0.3, -0.25) is 4.79 Å². The van der Waals surface area contributed by atoms with E-state index < -0.39 is 40.7 Å². The minimum absolute atomic E-state index is 0.136. The van der Waals surface area contributed by atoms with Crippen molar-refractivity contribution in [2.24, 2.45) is 5.92 Å². The van der Waals surface area contributed by atoms with E-state index in [0.29, 0.717) is 25.7 Å². The Morgan fingerprint density at radius 3 is 2.07 bits per heavy atom. The standard InChI is InChI=1S/C21H20F4O3/c1-2-28-16-10-9-15(19(24)20(16)25)14-8-7-13(17(22)18(14)23)11-3-5-12(6-4-11)21(26)27/h7-12H,2-6H2,1H3,(H,26,27). The maximum atomic E-state index is 14.7. The Morgan fingerprint density at radius 2 is 1.50 bits per heavy atom. The van der Waals surface area contributed by atoms with Crippen LogP contribution in [0.2, 0.25) is 0 Å². The van der Waals surface area contributed by atoms with Crippen molar-refractivity contribution in [1.82, 2.24) is 0 Å². The quantitative estimate of drug-likeness (QED) is 0.663. The minimum Gasteiger partial charge on any atom is -0.491 e. The van der Waals surface area contributed by atoms with Crippen LogP contribution in [0, 0.1) is 29.2 Å². The molecule has 1 aliphatic rings. The average molecular weight is 396 g/mol. The third-order valence-electron chi connectivity index (χ3n) is 5.27. The van der Waals surface area contributed by atoms with Crippen LogP contribution < -0.4 is 4.74 Å². The molecule has 0 unspecified atom stereocenters. The Bertz CT molecular complexity index is 890. The summed E-state index contributed by atoms with van der Waals surface area (Å²) in [6.07, 6.45) is 1.64. The van der Waals surface area contributed by atoms with Gasteiger partial charge < -0.3 is 9.84 Å². The molecular weight excluding hydrogens is 376 g/mol. The van der Waals surface area contributed by atoms with E-state index in [4.69, 9.17) is 9.84 Å². The molecule has 1 saturated carbocycles. The van der Waals surface area contributed by atoms with Gasteiger partial charge in [-0.2, -0.15) is 4.39 Å². The van der Waals surface area contributed by atoms with Crippen LogP contribution in [0.4, 0.5) is 17.6 Å². The van der Waals surface area contributed by atoms with Gasteiger partial charge >= 0.3 is 5.97 Å². The zero-order valence-corrected chi connectivity index (χ0v) is 15.3. The molecule has 3 rings (SSSR count). The molecule has 0 aliphatic heterocycles. The molecule has 3 nitrogen and oxygen atoms in total. The number of benzene rings is 2. The second-order valence-corrected chi connectivity index (χ2v) is 6.89. The van der Waals surface area contributed by atoms with Gasteiger partial charge in [0.05, 0.1) is 12.5 Å². The van der Waals surface area contributed by atoms with Gasteiger partial charge in [-0.05, 0) is 56.2 Å². The SMILES string of the molecule is CCOc1ccc(-c2ccc(C3CCC(C(=O)O)CC3)c(F)c2F)c(F)c1F. The molecular formula is C21H20F4O3. The van der Waals surface area contributed by atoms with Gasteiger partial charge in [0.25, 0.3) is 0 Å². The summed E-state index contributed by atoms with van der Waals surface area (Å²) in [4.78, 5) is 11.0. The Balaban J connectivity index is 1.91. The molecule has 1 aliphatic carbocycles. The summed E-state index contributed by atoms with van der Waals surface area (Å²) < 4.78 is 62.8. The van der Waals surface area contributed by atoms with Crippen LogP contribution in [0.3, 0.4) is 0 Å². The molecule has 1 fully saturated rings. The summed E-state index contributed by atoms with van der Waals surface area (Å²) >= 11 is 0. The van der Waals surface area contributed by atoms with Crippen LogP contribution >= 0.6 is 0 Å². The summed E-state index contributed by atoms with van der Waals surface area (Å²) in [7, 11) is 0. The molecule has 0 heterocycles. The maximum absolute atomic E-state index is 14.7. The Morgan fingerprint density at radius 1 is 0.929 bits per heavy atom. The molecule has 0 spiro atoms. The molecule has 0 amide bonds. The minimum atomic E-state index is -1.31. The van der Waals surface area contributed by atoms with Crippen molar-refractivity contribution in [2.45, 2.75) is 38.5 Å². The van der Waals surface area contributed by atoms with E-state index in [1.807, 2.05) is 0 Å². The van der Waals surface area contributed by atoms with E-state index in [1.54, 1.807) is 6.92 Å². The molecule has 7 heteroatoms. The summed E-state index contributed by atoms with van der Waals surface area (Å²) in [5.74, 6) is -6.87. The highest BCUT2D eigenvalue weighted by Gasteiger charge is 2.30. The first kappa shape index (κ1) is 20.2. The van der Waals surface area contributed by atoms with Crippen molar-refractivity contribution >= 4 is 5.97 Å². The number of rotatable bonds is 5. The highest BCUT2D eigenvalue weighted by molar-refractivity contribution is 5.70. The highest BCUT2D eigenvalue weighted by Crippen LogP contribution is 2.40. The Kier molecular flexibility index (Phi) is 5.91. The van der Waals surface area contributed by atoms with Crippen LogP contribution in [0.5, 0.6) is 5.75 Å². The predicted molar refractivity (Wildman–Crippen MR) is 95.2 cm³/mol. The number of carboxylic acids is 1. The summed E-state index contributed by atoms with van der Waals surface area (Å²) in [6, 6.07) is 4.93. The first-order chi connectivity index (χ1) is 13.3. The van der Waals surface area contributed by atoms with E-state index in [-0.39, 0.29) is 29.4 Å². The lowest BCUT2D eigenvalue weighted by molar-refractivity contribution is -0.142. The third-order valence-corrected chi connectivity index (χ3v) is 5.27. The van der Waals surface area contributed by atoms with Crippen LogP contribution in [-0.2, 0) is 4.79 Å². The summed E-state index contributed by atoms with van der Waals surface area (Å²) in [6.45, 7) is 1.75. The second kappa shape index (κ2) is 8.20. The number of hydrogen-bond donors (Lipinski definition) is 1. The normalized spacial score (nSPS) is 19.5. The monoisotopic (exact) mass is 396 g/mol. The lowest BCUT2D eigenvalue weighted by atomic mass is 9.78. The van der Waals surface area contributed by atoms with E-state index in [9.17, 15) is 22.4 Å². The maximum Gasteiger partial charge on any atom is 0.306 e. The van der Waals surface area contributed by atoms with Crippen molar-refractivity contribution in [2.75, 3.05) is 6.61 Å². The van der Waals surface area contributed by atoms with Gasteiger partial charge in [0, 0.05) is 11.1 Å². The van der Waals surface area contributed by atoms with Gasteiger partial charge in [0.2, 0.25) is 5.82 Å². The molecule has 0 saturated heterocycles. The molecule has 2 aromatic carbocycles. The van der Waals surface area contributed by atoms with Crippen molar-refractivity contribution in [1.29, 1.82) is 0 Å². The van der Waals surface area contributed by atoms with Gasteiger partial charge in [-0.15, -0.1) is 0 Å².